The second-order valence-corrected chi connectivity index (χ2v) is 4.42. The van der Waals surface area contributed by atoms with Crippen LogP contribution in [-0.2, 0) is 11.3 Å². The maximum Gasteiger partial charge on any atom is 0.358 e. The molecule has 1 aromatic heterocycles. The van der Waals surface area contributed by atoms with Crippen LogP contribution < -0.4 is 0 Å². The number of nitrogens with zero attached hydrogens (tertiary/aromatic N) is 1. The molecule has 5 nitrogen and oxygen atoms in total. The summed E-state index contributed by atoms with van der Waals surface area (Å²) in [6.07, 6.45) is 4.68. The summed E-state index contributed by atoms with van der Waals surface area (Å²) < 4.78 is 10.4. The number of hydrogen-bond acceptors (Lipinski definition) is 4. The number of aromatic nitrogens is 1. The van der Waals surface area contributed by atoms with Crippen LogP contribution in [0.15, 0.2) is 10.6 Å². The van der Waals surface area contributed by atoms with E-state index in [2.05, 4.69) is 19.0 Å². The Morgan fingerprint density at radius 2 is 2.33 bits per heavy atom. The lowest BCUT2D eigenvalue weighted by Crippen LogP contribution is -2.08. The highest BCUT2D eigenvalue weighted by Gasteiger charge is 2.11. The highest BCUT2D eigenvalue weighted by Crippen LogP contribution is 2.14. The largest absolute Gasteiger partial charge is 0.476 e. The molecule has 1 atom stereocenters. The van der Waals surface area contributed by atoms with Crippen molar-refractivity contribution in [2.24, 2.45) is 5.92 Å². The topological polar surface area (TPSA) is 72.6 Å². The van der Waals surface area contributed by atoms with E-state index in [1.165, 1.54) is 25.3 Å². The zero-order valence-electron chi connectivity index (χ0n) is 11.0. The Balaban J connectivity index is 2.28. The summed E-state index contributed by atoms with van der Waals surface area (Å²) in [4.78, 5) is 10.6. The van der Waals surface area contributed by atoms with Gasteiger partial charge in [-0.1, -0.05) is 38.3 Å². The van der Waals surface area contributed by atoms with E-state index in [1.807, 2.05) is 0 Å². The van der Waals surface area contributed by atoms with Crippen LogP contribution in [0, 0.1) is 5.92 Å². The lowest BCUT2D eigenvalue weighted by atomic mass is 10.0. The third kappa shape index (κ3) is 4.87. The van der Waals surface area contributed by atoms with E-state index in [1.54, 1.807) is 0 Å². The monoisotopic (exact) mass is 255 g/mol. The molecule has 0 aliphatic heterocycles. The first kappa shape index (κ1) is 14.7. The van der Waals surface area contributed by atoms with Gasteiger partial charge in [-0.25, -0.2) is 4.79 Å². The molecule has 1 heterocycles. The van der Waals surface area contributed by atoms with Gasteiger partial charge >= 0.3 is 5.97 Å². The number of rotatable bonds is 9. The Morgan fingerprint density at radius 3 is 2.89 bits per heavy atom. The second-order valence-electron chi connectivity index (χ2n) is 4.42. The third-order valence-corrected chi connectivity index (χ3v) is 2.92. The van der Waals surface area contributed by atoms with Crippen molar-refractivity contribution in [2.75, 3.05) is 6.61 Å². The molecular formula is C13H21NO4. The molecule has 1 rings (SSSR count). The minimum absolute atomic E-state index is 0.0772. The summed E-state index contributed by atoms with van der Waals surface area (Å²) in [6.45, 7) is 5.29. The van der Waals surface area contributed by atoms with Crippen molar-refractivity contribution in [3.63, 3.8) is 0 Å². The SMILES string of the molecule is CCCCC(CC)COCc1cc(C(=O)O)no1. The minimum atomic E-state index is -1.08. The maximum absolute atomic E-state index is 10.6. The van der Waals surface area contributed by atoms with Crippen molar-refractivity contribution < 1.29 is 19.2 Å². The summed E-state index contributed by atoms with van der Waals surface area (Å²) in [6, 6.07) is 1.40. The number of carboxylic acids is 1. The molecule has 5 heteroatoms. The van der Waals surface area contributed by atoms with Crippen molar-refractivity contribution in [2.45, 2.75) is 46.1 Å². The fourth-order valence-corrected chi connectivity index (χ4v) is 1.71. The first-order valence-corrected chi connectivity index (χ1v) is 6.44. The van der Waals surface area contributed by atoms with Crippen molar-refractivity contribution in [1.29, 1.82) is 0 Å². The van der Waals surface area contributed by atoms with Gasteiger partial charge in [0.15, 0.2) is 11.5 Å². The lowest BCUT2D eigenvalue weighted by molar-refractivity contribution is 0.0660. The molecular weight excluding hydrogens is 234 g/mol. The van der Waals surface area contributed by atoms with Crippen LogP contribution in [0.25, 0.3) is 0 Å². The van der Waals surface area contributed by atoms with Gasteiger partial charge in [0, 0.05) is 12.7 Å². The molecule has 0 aromatic carbocycles. The average molecular weight is 255 g/mol. The van der Waals surface area contributed by atoms with Crippen LogP contribution in [0.2, 0.25) is 0 Å². The molecule has 0 radical (unpaired) electrons. The van der Waals surface area contributed by atoms with Gasteiger partial charge in [-0.05, 0) is 12.3 Å². The van der Waals surface area contributed by atoms with Gasteiger partial charge in [-0.2, -0.15) is 0 Å². The molecule has 0 aliphatic carbocycles. The molecule has 0 fully saturated rings. The lowest BCUT2D eigenvalue weighted by Gasteiger charge is -2.13. The normalized spacial score (nSPS) is 12.6. The van der Waals surface area contributed by atoms with Crippen LogP contribution in [0.5, 0.6) is 0 Å². The Bertz CT molecular complexity index is 362. The van der Waals surface area contributed by atoms with Crippen molar-refractivity contribution in [1.82, 2.24) is 5.16 Å². The van der Waals surface area contributed by atoms with Crippen molar-refractivity contribution >= 4 is 5.97 Å². The van der Waals surface area contributed by atoms with Crippen LogP contribution in [0.4, 0.5) is 0 Å². The summed E-state index contributed by atoms with van der Waals surface area (Å²) in [7, 11) is 0. The molecule has 0 saturated carbocycles. The number of ether oxygens (including phenoxy) is 1. The fourth-order valence-electron chi connectivity index (χ4n) is 1.71. The smallest absolute Gasteiger partial charge is 0.358 e. The molecule has 0 saturated heterocycles. The van der Waals surface area contributed by atoms with E-state index in [0.717, 1.165) is 6.42 Å². The van der Waals surface area contributed by atoms with E-state index in [-0.39, 0.29) is 12.3 Å². The summed E-state index contributed by atoms with van der Waals surface area (Å²) >= 11 is 0. The number of carbonyl (C=O) groups is 1. The molecule has 1 unspecified atom stereocenters. The number of aromatic carboxylic acids is 1. The number of hydrogen-bond donors (Lipinski definition) is 1. The van der Waals surface area contributed by atoms with Gasteiger partial charge in [0.2, 0.25) is 0 Å². The molecule has 0 bridgehead atoms. The predicted octanol–water partition coefficient (Wildman–Crippen LogP) is 3.11. The van der Waals surface area contributed by atoms with Gasteiger partial charge in [0.1, 0.15) is 6.61 Å². The van der Waals surface area contributed by atoms with Crippen LogP contribution in [0.3, 0.4) is 0 Å². The molecule has 0 aliphatic rings. The molecule has 1 aromatic rings. The number of carboxylic acid groups (broad SMARTS) is 1. The quantitative estimate of drug-likeness (QED) is 0.734. The summed E-state index contributed by atoms with van der Waals surface area (Å²) in [5, 5.41) is 12.1. The van der Waals surface area contributed by atoms with Crippen molar-refractivity contribution in [3.8, 4) is 0 Å². The minimum Gasteiger partial charge on any atom is -0.476 e. The Labute approximate surface area is 107 Å². The summed E-state index contributed by atoms with van der Waals surface area (Å²) in [5.41, 5.74) is -0.0772. The molecule has 0 amide bonds. The van der Waals surface area contributed by atoms with Gasteiger partial charge in [-0.3, -0.25) is 0 Å². The first-order valence-electron chi connectivity index (χ1n) is 6.44. The fraction of sp³-hybridized carbons (Fsp3) is 0.692. The van der Waals surface area contributed by atoms with Crippen LogP contribution >= 0.6 is 0 Å². The van der Waals surface area contributed by atoms with Gasteiger partial charge in [0.05, 0.1) is 0 Å². The molecule has 1 N–H and O–H groups in total. The van der Waals surface area contributed by atoms with Gasteiger partial charge in [-0.15, -0.1) is 0 Å². The number of unbranched alkanes of at least 4 members (excludes halogenated alkanes) is 1. The van der Waals surface area contributed by atoms with E-state index < -0.39 is 5.97 Å². The summed E-state index contributed by atoms with van der Waals surface area (Å²) in [5.74, 6) is -0.0658. The Morgan fingerprint density at radius 1 is 1.56 bits per heavy atom. The molecule has 102 valence electrons. The van der Waals surface area contributed by atoms with E-state index in [4.69, 9.17) is 14.4 Å². The zero-order chi connectivity index (χ0) is 13.4. The standard InChI is InChI=1S/C13H21NO4/c1-3-5-6-10(4-2)8-17-9-11-7-12(13(15)16)14-18-11/h7,10H,3-6,8-9H2,1-2H3,(H,15,16). The van der Waals surface area contributed by atoms with E-state index >= 15 is 0 Å². The molecule has 18 heavy (non-hydrogen) atoms. The highest BCUT2D eigenvalue weighted by molar-refractivity contribution is 5.85. The Kier molecular flexibility index (Phi) is 6.43. The van der Waals surface area contributed by atoms with Crippen molar-refractivity contribution in [3.05, 3.63) is 17.5 Å². The van der Waals surface area contributed by atoms with Gasteiger partial charge in [0.25, 0.3) is 0 Å². The molecule has 0 spiro atoms. The van der Waals surface area contributed by atoms with Gasteiger partial charge < -0.3 is 14.4 Å². The van der Waals surface area contributed by atoms with Crippen LogP contribution in [-0.4, -0.2) is 22.8 Å². The predicted molar refractivity (Wildman–Crippen MR) is 66.4 cm³/mol. The second kappa shape index (κ2) is 7.87. The highest BCUT2D eigenvalue weighted by atomic mass is 16.5. The van der Waals surface area contributed by atoms with Crippen LogP contribution in [0.1, 0.15) is 55.8 Å². The van der Waals surface area contributed by atoms with E-state index in [9.17, 15) is 4.79 Å². The average Bonchev–Trinajstić information content (AvgIpc) is 2.82. The van der Waals surface area contributed by atoms with E-state index in [0.29, 0.717) is 18.3 Å². The Hall–Kier alpha value is -1.36. The third-order valence-electron chi connectivity index (χ3n) is 2.92. The first-order chi connectivity index (χ1) is 8.67. The zero-order valence-corrected chi connectivity index (χ0v) is 11.0. The maximum atomic E-state index is 10.6.